The minimum absolute atomic E-state index is 0.0538. The number of halogens is 2. The lowest BCUT2D eigenvalue weighted by atomic mass is 10.1. The zero-order chi connectivity index (χ0) is 13.6. The Morgan fingerprint density at radius 2 is 1.74 bits per heavy atom. The quantitative estimate of drug-likeness (QED) is 0.821. The molecule has 19 heavy (non-hydrogen) atoms. The van der Waals surface area contributed by atoms with Gasteiger partial charge < -0.3 is 5.32 Å². The summed E-state index contributed by atoms with van der Waals surface area (Å²) in [4.78, 5) is 25.2. The maximum absolute atomic E-state index is 13.1. The zero-order valence-corrected chi connectivity index (χ0v) is 10.1. The molecule has 100 valence electrons. The summed E-state index contributed by atoms with van der Waals surface area (Å²) in [5.41, 5.74) is -0.108. The van der Waals surface area contributed by atoms with Crippen molar-refractivity contribution < 1.29 is 18.4 Å². The van der Waals surface area contributed by atoms with Crippen LogP contribution >= 0.6 is 0 Å². The third-order valence-corrected chi connectivity index (χ3v) is 3.58. The second-order valence-electron chi connectivity index (χ2n) is 4.83. The Hall–Kier alpha value is -1.82. The molecule has 6 heteroatoms. The van der Waals surface area contributed by atoms with Crippen LogP contribution in [0.2, 0.25) is 0 Å². The first-order chi connectivity index (χ1) is 9.08. The van der Waals surface area contributed by atoms with Crippen LogP contribution < -0.4 is 5.32 Å². The molecule has 1 N–H and O–H groups in total. The van der Waals surface area contributed by atoms with E-state index in [1.807, 2.05) is 0 Å². The van der Waals surface area contributed by atoms with Gasteiger partial charge in [-0.25, -0.2) is 8.78 Å². The maximum Gasteiger partial charge on any atom is 0.261 e. The number of benzene rings is 1. The molecule has 2 aliphatic heterocycles. The van der Waals surface area contributed by atoms with Gasteiger partial charge in [-0.3, -0.25) is 14.5 Å². The maximum atomic E-state index is 13.1. The number of carbonyl (C=O) groups is 2. The van der Waals surface area contributed by atoms with E-state index in [9.17, 15) is 18.4 Å². The van der Waals surface area contributed by atoms with E-state index in [2.05, 4.69) is 5.32 Å². The van der Waals surface area contributed by atoms with Crippen LogP contribution in [0.1, 0.15) is 33.6 Å². The fourth-order valence-corrected chi connectivity index (χ4v) is 2.58. The highest BCUT2D eigenvalue weighted by atomic mass is 19.2. The van der Waals surface area contributed by atoms with Crippen LogP contribution in [0.4, 0.5) is 8.78 Å². The molecule has 1 aromatic carbocycles. The van der Waals surface area contributed by atoms with Gasteiger partial charge in [0.25, 0.3) is 11.8 Å². The van der Waals surface area contributed by atoms with Gasteiger partial charge in [-0.1, -0.05) is 0 Å². The Balaban J connectivity index is 1.90. The molecule has 2 aliphatic rings. The summed E-state index contributed by atoms with van der Waals surface area (Å²) < 4.78 is 26.3. The second-order valence-corrected chi connectivity index (χ2v) is 4.83. The molecule has 2 heterocycles. The minimum Gasteiger partial charge on any atom is -0.312 e. The Morgan fingerprint density at radius 1 is 1.16 bits per heavy atom. The lowest BCUT2D eigenvalue weighted by molar-refractivity contribution is 0.0641. The SMILES string of the molecule is O=C1c2cc(F)c(F)cc2C(=O)N1CC1CCCN1. The summed E-state index contributed by atoms with van der Waals surface area (Å²) >= 11 is 0. The van der Waals surface area contributed by atoms with Crippen molar-refractivity contribution >= 4 is 11.8 Å². The van der Waals surface area contributed by atoms with Gasteiger partial charge in [-0.2, -0.15) is 0 Å². The number of nitrogens with one attached hydrogen (secondary N) is 1. The van der Waals surface area contributed by atoms with Crippen molar-refractivity contribution in [3.05, 3.63) is 34.9 Å². The van der Waals surface area contributed by atoms with E-state index < -0.39 is 23.4 Å². The molecule has 1 atom stereocenters. The molecule has 1 saturated heterocycles. The number of hydrogen-bond donors (Lipinski definition) is 1. The largest absolute Gasteiger partial charge is 0.312 e. The van der Waals surface area contributed by atoms with Crippen molar-refractivity contribution in [3.8, 4) is 0 Å². The number of carbonyl (C=O) groups excluding carboxylic acids is 2. The number of fused-ring (bicyclic) bond motifs is 1. The Labute approximate surface area is 108 Å². The van der Waals surface area contributed by atoms with Crippen molar-refractivity contribution in [2.45, 2.75) is 18.9 Å². The van der Waals surface area contributed by atoms with E-state index in [0.29, 0.717) is 0 Å². The Kier molecular flexibility index (Phi) is 2.82. The minimum atomic E-state index is -1.11. The van der Waals surface area contributed by atoms with Crippen molar-refractivity contribution in [2.75, 3.05) is 13.1 Å². The van der Waals surface area contributed by atoms with Crippen molar-refractivity contribution in [3.63, 3.8) is 0 Å². The summed E-state index contributed by atoms with van der Waals surface area (Å²) in [7, 11) is 0. The summed E-state index contributed by atoms with van der Waals surface area (Å²) in [5, 5.41) is 3.18. The number of rotatable bonds is 2. The van der Waals surface area contributed by atoms with Crippen molar-refractivity contribution in [2.24, 2.45) is 0 Å². The summed E-state index contributed by atoms with van der Waals surface area (Å²) in [6.07, 6.45) is 1.88. The van der Waals surface area contributed by atoms with E-state index in [0.717, 1.165) is 36.4 Å². The fraction of sp³-hybridized carbons (Fsp3) is 0.385. The third kappa shape index (κ3) is 1.92. The summed E-state index contributed by atoms with van der Waals surface area (Å²) in [6.45, 7) is 1.10. The Bertz CT molecular complexity index is 527. The van der Waals surface area contributed by atoms with Crippen LogP contribution in [0.3, 0.4) is 0 Å². The fourth-order valence-electron chi connectivity index (χ4n) is 2.58. The molecule has 1 unspecified atom stereocenters. The molecule has 0 radical (unpaired) electrons. The van der Waals surface area contributed by atoms with Crippen LogP contribution in [0.5, 0.6) is 0 Å². The van der Waals surface area contributed by atoms with E-state index >= 15 is 0 Å². The number of amides is 2. The standard InChI is InChI=1S/C13H12F2N2O2/c14-10-4-8-9(5-11(10)15)13(19)17(12(8)18)6-7-2-1-3-16-7/h4-5,7,16H,1-3,6H2. The van der Waals surface area contributed by atoms with Gasteiger partial charge in [0.1, 0.15) is 0 Å². The van der Waals surface area contributed by atoms with E-state index in [-0.39, 0.29) is 23.7 Å². The molecule has 1 aromatic rings. The highest BCUT2D eigenvalue weighted by molar-refractivity contribution is 6.21. The first kappa shape index (κ1) is 12.2. The summed E-state index contributed by atoms with van der Waals surface area (Å²) in [5.74, 6) is -3.32. The molecule has 0 spiro atoms. The van der Waals surface area contributed by atoms with Gasteiger partial charge in [-0.05, 0) is 31.5 Å². The molecule has 1 fully saturated rings. The van der Waals surface area contributed by atoms with Crippen LogP contribution in [0.25, 0.3) is 0 Å². The topological polar surface area (TPSA) is 49.4 Å². The van der Waals surface area contributed by atoms with Crippen LogP contribution in [-0.4, -0.2) is 35.8 Å². The molecule has 2 amide bonds. The van der Waals surface area contributed by atoms with Gasteiger partial charge in [-0.15, -0.1) is 0 Å². The molecule has 0 saturated carbocycles. The first-order valence-corrected chi connectivity index (χ1v) is 6.16. The highest BCUT2D eigenvalue weighted by Gasteiger charge is 2.38. The predicted octanol–water partition coefficient (Wildman–Crippen LogP) is 1.31. The summed E-state index contributed by atoms with van der Waals surface area (Å²) in [6, 6.07) is 1.66. The van der Waals surface area contributed by atoms with Crippen LogP contribution in [0.15, 0.2) is 12.1 Å². The van der Waals surface area contributed by atoms with Crippen molar-refractivity contribution in [1.29, 1.82) is 0 Å². The third-order valence-electron chi connectivity index (χ3n) is 3.58. The Morgan fingerprint density at radius 3 is 2.21 bits per heavy atom. The molecule has 0 aromatic heterocycles. The number of hydrogen-bond acceptors (Lipinski definition) is 3. The van der Waals surface area contributed by atoms with E-state index in [1.54, 1.807) is 0 Å². The smallest absolute Gasteiger partial charge is 0.261 e. The first-order valence-electron chi connectivity index (χ1n) is 6.16. The molecule has 0 aliphatic carbocycles. The second kappa shape index (κ2) is 4.38. The normalized spacial score (nSPS) is 22.2. The number of nitrogens with zero attached hydrogens (tertiary/aromatic N) is 1. The van der Waals surface area contributed by atoms with Gasteiger partial charge in [0, 0.05) is 12.6 Å². The van der Waals surface area contributed by atoms with Gasteiger partial charge >= 0.3 is 0 Å². The molecule has 0 bridgehead atoms. The number of imide groups is 1. The van der Waals surface area contributed by atoms with Gasteiger partial charge in [0.2, 0.25) is 0 Å². The average molecular weight is 266 g/mol. The van der Waals surface area contributed by atoms with Crippen molar-refractivity contribution in [1.82, 2.24) is 10.2 Å². The van der Waals surface area contributed by atoms with Gasteiger partial charge in [0.15, 0.2) is 11.6 Å². The van der Waals surface area contributed by atoms with Gasteiger partial charge in [0.05, 0.1) is 11.1 Å². The zero-order valence-electron chi connectivity index (χ0n) is 10.1. The van der Waals surface area contributed by atoms with Crippen LogP contribution in [0, 0.1) is 11.6 Å². The molecular formula is C13H12F2N2O2. The van der Waals surface area contributed by atoms with E-state index in [1.165, 1.54) is 0 Å². The van der Waals surface area contributed by atoms with Crippen LogP contribution in [-0.2, 0) is 0 Å². The molecular weight excluding hydrogens is 254 g/mol. The average Bonchev–Trinajstić information content (AvgIpc) is 2.96. The monoisotopic (exact) mass is 266 g/mol. The highest BCUT2D eigenvalue weighted by Crippen LogP contribution is 2.26. The molecule has 4 nitrogen and oxygen atoms in total. The lowest BCUT2D eigenvalue weighted by Gasteiger charge is -2.18. The molecule has 3 rings (SSSR count). The lowest BCUT2D eigenvalue weighted by Crippen LogP contribution is -2.40. The van der Waals surface area contributed by atoms with E-state index in [4.69, 9.17) is 0 Å². The predicted molar refractivity (Wildman–Crippen MR) is 62.7 cm³/mol.